The zero-order valence-corrected chi connectivity index (χ0v) is 9.28. The first-order valence-corrected chi connectivity index (χ1v) is 4.87. The smallest absolute Gasteiger partial charge is 0.258 e. The second kappa shape index (κ2) is 4.20. The van der Waals surface area contributed by atoms with E-state index in [0.717, 1.165) is 5.56 Å². The fourth-order valence-electron chi connectivity index (χ4n) is 1.37. The third-order valence-corrected chi connectivity index (χ3v) is 2.17. The van der Waals surface area contributed by atoms with E-state index in [9.17, 15) is 10.1 Å². The molecule has 7 heteroatoms. The molecule has 0 bridgehead atoms. The van der Waals surface area contributed by atoms with E-state index in [0.29, 0.717) is 11.4 Å². The Balaban J connectivity index is 2.58. The van der Waals surface area contributed by atoms with Gasteiger partial charge in [-0.1, -0.05) is 6.07 Å². The van der Waals surface area contributed by atoms with Gasteiger partial charge in [-0.15, -0.1) is 20.4 Å². The number of aryl methyl sites for hydroxylation is 2. The van der Waals surface area contributed by atoms with Crippen LogP contribution in [0.15, 0.2) is 18.2 Å². The van der Waals surface area contributed by atoms with E-state index in [-0.39, 0.29) is 11.5 Å². The van der Waals surface area contributed by atoms with Gasteiger partial charge in [0.05, 0.1) is 4.92 Å². The van der Waals surface area contributed by atoms with Crippen LogP contribution in [0.25, 0.3) is 11.4 Å². The summed E-state index contributed by atoms with van der Waals surface area (Å²) in [6, 6.07) is 4.82. The molecule has 0 spiro atoms. The summed E-state index contributed by atoms with van der Waals surface area (Å²) >= 11 is 0. The third-order valence-electron chi connectivity index (χ3n) is 2.17. The predicted molar refractivity (Wildman–Crippen MR) is 59.2 cm³/mol. The molecule has 7 nitrogen and oxygen atoms in total. The van der Waals surface area contributed by atoms with E-state index in [4.69, 9.17) is 0 Å². The lowest BCUT2D eigenvalue weighted by Crippen LogP contribution is -2.01. The third kappa shape index (κ3) is 2.22. The van der Waals surface area contributed by atoms with Gasteiger partial charge in [0, 0.05) is 6.07 Å². The summed E-state index contributed by atoms with van der Waals surface area (Å²) in [5.74, 6) is 0.575. The highest BCUT2D eigenvalue weighted by atomic mass is 16.6. The Morgan fingerprint density at radius 1 is 1.12 bits per heavy atom. The van der Waals surface area contributed by atoms with Gasteiger partial charge in [0.25, 0.3) is 5.69 Å². The van der Waals surface area contributed by atoms with Crippen LogP contribution in [0.4, 0.5) is 5.69 Å². The maximum atomic E-state index is 10.9. The Morgan fingerprint density at radius 2 is 1.76 bits per heavy atom. The Bertz CT molecular complexity index is 567. The van der Waals surface area contributed by atoms with Crippen LogP contribution in [-0.2, 0) is 0 Å². The van der Waals surface area contributed by atoms with E-state index in [1.807, 2.05) is 0 Å². The van der Waals surface area contributed by atoms with Crippen LogP contribution in [0.2, 0.25) is 0 Å². The number of nitro benzene ring substituents is 1. The molecular formula is C10H9N5O2. The first-order valence-electron chi connectivity index (χ1n) is 4.87. The van der Waals surface area contributed by atoms with Crippen LogP contribution in [0.1, 0.15) is 11.4 Å². The van der Waals surface area contributed by atoms with Gasteiger partial charge >= 0.3 is 0 Å². The van der Waals surface area contributed by atoms with Gasteiger partial charge in [-0.05, 0) is 25.5 Å². The fraction of sp³-hybridized carbons (Fsp3) is 0.200. The highest BCUT2D eigenvalue weighted by Crippen LogP contribution is 2.27. The van der Waals surface area contributed by atoms with Gasteiger partial charge < -0.3 is 0 Å². The summed E-state index contributed by atoms with van der Waals surface area (Å²) in [6.45, 7) is 3.43. The average molecular weight is 231 g/mol. The van der Waals surface area contributed by atoms with Crippen LogP contribution in [0.5, 0.6) is 0 Å². The Hall–Kier alpha value is -2.44. The first kappa shape index (κ1) is 11.1. The number of benzene rings is 1. The quantitative estimate of drug-likeness (QED) is 0.573. The largest absolute Gasteiger partial charge is 0.280 e. The zero-order valence-electron chi connectivity index (χ0n) is 9.28. The molecule has 0 saturated carbocycles. The fourth-order valence-corrected chi connectivity index (χ4v) is 1.37. The number of rotatable bonds is 2. The van der Waals surface area contributed by atoms with Crippen molar-refractivity contribution in [3.63, 3.8) is 0 Å². The summed E-state index contributed by atoms with van der Waals surface area (Å²) in [5, 5.41) is 26.0. The molecule has 0 fully saturated rings. The van der Waals surface area contributed by atoms with E-state index in [1.54, 1.807) is 26.0 Å². The minimum Gasteiger partial charge on any atom is -0.258 e. The molecule has 2 rings (SSSR count). The average Bonchev–Trinajstić information content (AvgIpc) is 2.30. The lowest BCUT2D eigenvalue weighted by atomic mass is 10.1. The maximum absolute atomic E-state index is 10.9. The number of hydrogen-bond donors (Lipinski definition) is 0. The Kier molecular flexibility index (Phi) is 2.73. The standard InChI is InChI=1S/C10H9N5O2/c1-6-3-4-8(9(5-6)15(16)17)10-13-11-7(2)12-14-10/h3-5H,1-2H3. The molecule has 0 aliphatic heterocycles. The molecular weight excluding hydrogens is 222 g/mol. The molecule has 1 aromatic heterocycles. The molecule has 0 radical (unpaired) electrons. The molecule has 0 atom stereocenters. The highest BCUT2D eigenvalue weighted by molar-refractivity contribution is 5.67. The molecule has 1 aromatic carbocycles. The van der Waals surface area contributed by atoms with Crippen LogP contribution in [0, 0.1) is 24.0 Å². The molecule has 0 N–H and O–H groups in total. The van der Waals surface area contributed by atoms with Gasteiger partial charge in [0.1, 0.15) is 5.56 Å². The maximum Gasteiger partial charge on any atom is 0.280 e. The highest BCUT2D eigenvalue weighted by Gasteiger charge is 2.18. The van der Waals surface area contributed by atoms with Gasteiger partial charge in [-0.2, -0.15) is 0 Å². The van der Waals surface area contributed by atoms with Crippen molar-refractivity contribution in [2.24, 2.45) is 0 Å². The van der Waals surface area contributed by atoms with Crippen molar-refractivity contribution in [3.8, 4) is 11.4 Å². The summed E-state index contributed by atoms with van der Waals surface area (Å²) in [5.41, 5.74) is 1.08. The SMILES string of the molecule is Cc1ccc(-c2nnc(C)nn2)c([N+](=O)[O-])c1. The van der Waals surface area contributed by atoms with Crippen molar-refractivity contribution in [1.82, 2.24) is 20.4 Å². The lowest BCUT2D eigenvalue weighted by molar-refractivity contribution is -0.384. The van der Waals surface area contributed by atoms with Gasteiger partial charge in [0.2, 0.25) is 5.82 Å². The summed E-state index contributed by atoms with van der Waals surface area (Å²) < 4.78 is 0. The van der Waals surface area contributed by atoms with E-state index < -0.39 is 4.92 Å². The Labute approximate surface area is 96.7 Å². The molecule has 0 unspecified atom stereocenters. The molecule has 0 saturated heterocycles. The molecule has 1 heterocycles. The molecule has 17 heavy (non-hydrogen) atoms. The minimum atomic E-state index is -0.467. The molecule has 0 aliphatic rings. The number of aromatic nitrogens is 4. The zero-order chi connectivity index (χ0) is 12.4. The van der Waals surface area contributed by atoms with Crippen molar-refractivity contribution in [2.45, 2.75) is 13.8 Å². The van der Waals surface area contributed by atoms with Gasteiger partial charge in [0.15, 0.2) is 5.82 Å². The van der Waals surface area contributed by atoms with Crippen LogP contribution in [-0.4, -0.2) is 25.3 Å². The number of nitrogens with zero attached hydrogens (tertiary/aromatic N) is 5. The van der Waals surface area contributed by atoms with Crippen molar-refractivity contribution in [1.29, 1.82) is 0 Å². The molecule has 86 valence electrons. The van der Waals surface area contributed by atoms with Crippen molar-refractivity contribution >= 4 is 5.69 Å². The summed E-state index contributed by atoms with van der Waals surface area (Å²) in [7, 11) is 0. The summed E-state index contributed by atoms with van der Waals surface area (Å²) in [4.78, 5) is 10.5. The van der Waals surface area contributed by atoms with E-state index in [2.05, 4.69) is 20.4 Å². The second-order valence-electron chi connectivity index (χ2n) is 3.55. The van der Waals surface area contributed by atoms with Crippen LogP contribution in [0.3, 0.4) is 0 Å². The predicted octanol–water partition coefficient (Wildman–Crippen LogP) is 1.46. The summed E-state index contributed by atoms with van der Waals surface area (Å²) in [6.07, 6.45) is 0. The molecule has 0 amide bonds. The molecule has 2 aromatic rings. The van der Waals surface area contributed by atoms with Crippen molar-refractivity contribution in [3.05, 3.63) is 39.7 Å². The lowest BCUT2D eigenvalue weighted by Gasteiger charge is -2.01. The second-order valence-corrected chi connectivity index (χ2v) is 3.55. The van der Waals surface area contributed by atoms with Crippen LogP contribution >= 0.6 is 0 Å². The van der Waals surface area contributed by atoms with E-state index in [1.165, 1.54) is 6.07 Å². The van der Waals surface area contributed by atoms with Crippen molar-refractivity contribution in [2.75, 3.05) is 0 Å². The van der Waals surface area contributed by atoms with Gasteiger partial charge in [-0.25, -0.2) is 0 Å². The topological polar surface area (TPSA) is 94.7 Å². The van der Waals surface area contributed by atoms with Gasteiger partial charge in [-0.3, -0.25) is 10.1 Å². The molecule has 0 aliphatic carbocycles. The Morgan fingerprint density at radius 3 is 2.35 bits per heavy atom. The number of nitro groups is 1. The monoisotopic (exact) mass is 231 g/mol. The van der Waals surface area contributed by atoms with Crippen LogP contribution < -0.4 is 0 Å². The first-order chi connectivity index (χ1) is 8.08. The normalized spacial score (nSPS) is 10.2. The van der Waals surface area contributed by atoms with E-state index >= 15 is 0 Å². The number of hydrogen-bond acceptors (Lipinski definition) is 6. The minimum absolute atomic E-state index is 0.0440. The van der Waals surface area contributed by atoms with Crippen molar-refractivity contribution < 1.29 is 4.92 Å².